The quantitative estimate of drug-likeness (QED) is 0.882. The van der Waals surface area contributed by atoms with Gasteiger partial charge in [-0.05, 0) is 24.1 Å². The maximum Gasteiger partial charge on any atom is 0.247 e. The molecule has 0 saturated heterocycles. The van der Waals surface area contributed by atoms with E-state index in [1.165, 1.54) is 26.2 Å². The van der Waals surface area contributed by atoms with Crippen LogP contribution in [0.5, 0.6) is 0 Å². The first-order chi connectivity index (χ1) is 9.23. The fraction of sp³-hybridized carbons (Fsp3) is 0.462. The SMILES string of the molecule is CC(C)C1Nc2ccc(S(=O)(=O)N(C)C)cc2NC1=O. The fourth-order valence-electron chi connectivity index (χ4n) is 2.04. The summed E-state index contributed by atoms with van der Waals surface area (Å²) in [4.78, 5) is 12.1. The number of benzene rings is 1. The minimum Gasteiger partial charge on any atom is -0.372 e. The molecule has 0 aliphatic carbocycles. The molecule has 0 saturated carbocycles. The van der Waals surface area contributed by atoms with Crippen LogP contribution in [0.2, 0.25) is 0 Å². The van der Waals surface area contributed by atoms with Crippen LogP contribution >= 0.6 is 0 Å². The third-order valence-corrected chi connectivity index (χ3v) is 5.10. The first kappa shape index (κ1) is 14.8. The van der Waals surface area contributed by atoms with Crippen LogP contribution in [0, 0.1) is 5.92 Å². The van der Waals surface area contributed by atoms with Crippen LogP contribution in [0.25, 0.3) is 0 Å². The molecule has 110 valence electrons. The average molecular weight is 297 g/mol. The molecule has 2 rings (SSSR count). The van der Waals surface area contributed by atoms with Gasteiger partial charge in [-0.2, -0.15) is 0 Å². The van der Waals surface area contributed by atoms with Crippen LogP contribution < -0.4 is 10.6 Å². The number of sulfonamides is 1. The normalized spacial score (nSPS) is 18.7. The number of carbonyl (C=O) groups is 1. The second-order valence-electron chi connectivity index (χ2n) is 5.35. The van der Waals surface area contributed by atoms with Crippen molar-refractivity contribution in [3.05, 3.63) is 18.2 Å². The van der Waals surface area contributed by atoms with Gasteiger partial charge in [-0.3, -0.25) is 4.79 Å². The van der Waals surface area contributed by atoms with Gasteiger partial charge in [-0.25, -0.2) is 12.7 Å². The number of hydrogen-bond donors (Lipinski definition) is 2. The van der Waals surface area contributed by atoms with Crippen molar-refractivity contribution in [1.29, 1.82) is 0 Å². The number of amides is 1. The van der Waals surface area contributed by atoms with Crippen LogP contribution in [-0.4, -0.2) is 38.8 Å². The Labute approximate surface area is 119 Å². The van der Waals surface area contributed by atoms with Crippen molar-refractivity contribution in [2.45, 2.75) is 24.8 Å². The summed E-state index contributed by atoms with van der Waals surface area (Å²) >= 11 is 0. The highest BCUT2D eigenvalue weighted by Crippen LogP contribution is 2.31. The molecule has 0 bridgehead atoms. The Morgan fingerprint density at radius 1 is 1.20 bits per heavy atom. The second kappa shape index (κ2) is 5.06. The van der Waals surface area contributed by atoms with Gasteiger partial charge in [0.2, 0.25) is 15.9 Å². The molecule has 1 amide bonds. The van der Waals surface area contributed by atoms with Crippen molar-refractivity contribution in [3.8, 4) is 0 Å². The third-order valence-electron chi connectivity index (χ3n) is 3.29. The molecule has 1 atom stereocenters. The van der Waals surface area contributed by atoms with Gasteiger partial charge in [0, 0.05) is 14.1 Å². The van der Waals surface area contributed by atoms with Gasteiger partial charge in [-0.15, -0.1) is 0 Å². The number of hydrogen-bond acceptors (Lipinski definition) is 4. The van der Waals surface area contributed by atoms with Gasteiger partial charge in [0.15, 0.2) is 0 Å². The van der Waals surface area contributed by atoms with Crippen molar-refractivity contribution < 1.29 is 13.2 Å². The number of nitrogens with zero attached hydrogens (tertiary/aromatic N) is 1. The maximum absolute atomic E-state index is 12.1. The zero-order valence-electron chi connectivity index (χ0n) is 12.0. The minimum absolute atomic E-state index is 0.146. The van der Waals surface area contributed by atoms with Gasteiger partial charge < -0.3 is 10.6 Å². The van der Waals surface area contributed by atoms with Crippen LogP contribution in [0.4, 0.5) is 11.4 Å². The number of carbonyl (C=O) groups excluding carboxylic acids is 1. The highest BCUT2D eigenvalue weighted by atomic mass is 32.2. The summed E-state index contributed by atoms with van der Waals surface area (Å²) in [6.45, 7) is 3.90. The van der Waals surface area contributed by atoms with Crippen molar-refractivity contribution in [3.63, 3.8) is 0 Å². The summed E-state index contributed by atoms with van der Waals surface area (Å²) in [6, 6.07) is 4.39. The van der Waals surface area contributed by atoms with E-state index in [0.29, 0.717) is 5.69 Å². The van der Waals surface area contributed by atoms with E-state index in [9.17, 15) is 13.2 Å². The van der Waals surface area contributed by atoms with E-state index < -0.39 is 10.0 Å². The smallest absolute Gasteiger partial charge is 0.247 e. The van der Waals surface area contributed by atoms with Gasteiger partial charge >= 0.3 is 0 Å². The van der Waals surface area contributed by atoms with Crippen molar-refractivity contribution in [2.24, 2.45) is 5.92 Å². The molecule has 1 aromatic rings. The molecule has 0 fully saturated rings. The molecule has 1 heterocycles. The molecule has 0 spiro atoms. The number of nitrogens with one attached hydrogen (secondary N) is 2. The van der Waals surface area contributed by atoms with E-state index in [0.717, 1.165) is 9.99 Å². The predicted octanol–water partition coefficient (Wildman–Crippen LogP) is 1.33. The van der Waals surface area contributed by atoms with Gasteiger partial charge in [0.25, 0.3) is 0 Å². The average Bonchev–Trinajstić information content (AvgIpc) is 2.36. The lowest BCUT2D eigenvalue weighted by atomic mass is 10.0. The molecular weight excluding hydrogens is 278 g/mol. The molecular formula is C13H19N3O3S. The Bertz CT molecular complexity index is 638. The summed E-state index contributed by atoms with van der Waals surface area (Å²) in [7, 11) is -0.558. The predicted molar refractivity (Wildman–Crippen MR) is 78.2 cm³/mol. The number of rotatable bonds is 3. The van der Waals surface area contributed by atoms with Crippen LogP contribution in [0.3, 0.4) is 0 Å². The van der Waals surface area contributed by atoms with Gasteiger partial charge in [0.1, 0.15) is 6.04 Å². The first-order valence-corrected chi connectivity index (χ1v) is 7.81. The molecule has 0 aromatic heterocycles. The van der Waals surface area contributed by atoms with E-state index in [1.807, 2.05) is 13.8 Å². The molecule has 1 aliphatic rings. The molecule has 7 heteroatoms. The Morgan fingerprint density at radius 3 is 2.40 bits per heavy atom. The molecule has 2 N–H and O–H groups in total. The monoisotopic (exact) mass is 297 g/mol. The molecule has 1 unspecified atom stereocenters. The number of fused-ring (bicyclic) bond motifs is 1. The first-order valence-electron chi connectivity index (χ1n) is 6.37. The summed E-state index contributed by atoms with van der Waals surface area (Å²) in [5, 5.41) is 5.89. The summed E-state index contributed by atoms with van der Waals surface area (Å²) in [5.74, 6) is 0.000218. The Morgan fingerprint density at radius 2 is 1.85 bits per heavy atom. The Kier molecular flexibility index (Phi) is 3.75. The van der Waals surface area contributed by atoms with Crippen molar-refractivity contribution in [1.82, 2.24) is 4.31 Å². The van der Waals surface area contributed by atoms with E-state index in [1.54, 1.807) is 6.07 Å². The van der Waals surface area contributed by atoms with Gasteiger partial charge in [-0.1, -0.05) is 13.8 Å². The maximum atomic E-state index is 12.1. The second-order valence-corrected chi connectivity index (χ2v) is 7.50. The van der Waals surface area contributed by atoms with Crippen molar-refractivity contribution >= 4 is 27.3 Å². The van der Waals surface area contributed by atoms with Crippen LogP contribution in [0.15, 0.2) is 23.1 Å². The highest BCUT2D eigenvalue weighted by molar-refractivity contribution is 7.89. The largest absolute Gasteiger partial charge is 0.372 e. The van der Waals surface area contributed by atoms with Crippen molar-refractivity contribution in [2.75, 3.05) is 24.7 Å². The van der Waals surface area contributed by atoms with E-state index in [-0.39, 0.29) is 22.8 Å². The molecule has 1 aliphatic heterocycles. The van der Waals surface area contributed by atoms with E-state index >= 15 is 0 Å². The standard InChI is InChI=1S/C13H19N3O3S/c1-8(2)12-13(17)15-11-7-9(5-6-10(11)14-12)20(18,19)16(3)4/h5-8,12,14H,1-4H3,(H,15,17). The zero-order valence-corrected chi connectivity index (χ0v) is 12.8. The molecule has 6 nitrogen and oxygen atoms in total. The Hall–Kier alpha value is -1.60. The van der Waals surface area contributed by atoms with Gasteiger partial charge in [0.05, 0.1) is 16.3 Å². The fourth-order valence-corrected chi connectivity index (χ4v) is 2.97. The Balaban J connectivity index is 2.41. The van der Waals surface area contributed by atoms with Crippen LogP contribution in [-0.2, 0) is 14.8 Å². The summed E-state index contributed by atoms with van der Waals surface area (Å²) < 4.78 is 25.3. The molecule has 1 aromatic carbocycles. The lowest BCUT2D eigenvalue weighted by Gasteiger charge is -2.29. The molecule has 20 heavy (non-hydrogen) atoms. The lowest BCUT2D eigenvalue weighted by molar-refractivity contribution is -0.117. The molecule has 0 radical (unpaired) electrons. The zero-order chi connectivity index (χ0) is 15.1. The summed E-state index contributed by atoms with van der Waals surface area (Å²) in [5.41, 5.74) is 1.23. The topological polar surface area (TPSA) is 78.5 Å². The summed E-state index contributed by atoms with van der Waals surface area (Å²) in [6.07, 6.45) is 0. The third kappa shape index (κ3) is 2.51. The minimum atomic E-state index is -3.50. The van der Waals surface area contributed by atoms with E-state index in [2.05, 4.69) is 10.6 Å². The highest BCUT2D eigenvalue weighted by Gasteiger charge is 2.29. The lowest BCUT2D eigenvalue weighted by Crippen LogP contribution is -2.42. The van der Waals surface area contributed by atoms with Crippen LogP contribution in [0.1, 0.15) is 13.8 Å². The number of anilines is 2. The van der Waals surface area contributed by atoms with E-state index in [4.69, 9.17) is 0 Å².